The predicted octanol–water partition coefficient (Wildman–Crippen LogP) is 2.83. The molecular weight excluding hydrogens is 248 g/mol. The topological polar surface area (TPSA) is 38.0 Å². The molecule has 0 amide bonds. The van der Waals surface area contributed by atoms with E-state index in [-0.39, 0.29) is 0 Å². The van der Waals surface area contributed by atoms with Gasteiger partial charge in [0.15, 0.2) is 0 Å². The molecule has 1 N–H and O–H groups in total. The lowest BCUT2D eigenvalue weighted by molar-refractivity contribution is 0.0556. The monoisotopic (exact) mass is 264 g/mol. The van der Waals surface area contributed by atoms with Crippen molar-refractivity contribution in [3.63, 3.8) is 0 Å². The Labute approximate surface area is 112 Å². The molecule has 2 aromatic rings. The van der Waals surface area contributed by atoms with Crippen molar-refractivity contribution in [1.29, 1.82) is 0 Å². The van der Waals surface area contributed by atoms with Gasteiger partial charge in [0.05, 0.1) is 11.3 Å². The van der Waals surface area contributed by atoms with Gasteiger partial charge in [-0.3, -0.25) is 4.68 Å². The summed E-state index contributed by atoms with van der Waals surface area (Å²) in [4.78, 5) is 0. The van der Waals surface area contributed by atoms with Gasteiger partial charge in [-0.1, -0.05) is 23.7 Å². The molecule has 0 saturated heterocycles. The minimum atomic E-state index is -0.926. The smallest absolute Gasteiger partial charge is 0.0923 e. The average molecular weight is 265 g/mol. The van der Waals surface area contributed by atoms with Crippen molar-refractivity contribution in [2.24, 2.45) is 7.05 Å². The summed E-state index contributed by atoms with van der Waals surface area (Å²) in [5, 5.41) is 15.5. The normalized spacial score (nSPS) is 14.5. The van der Waals surface area contributed by atoms with Crippen LogP contribution in [0.25, 0.3) is 0 Å². The van der Waals surface area contributed by atoms with Gasteiger partial charge < -0.3 is 5.11 Å². The molecule has 1 atom stereocenters. The lowest BCUT2D eigenvalue weighted by Gasteiger charge is -2.24. The maximum absolute atomic E-state index is 10.6. The molecule has 1 aromatic carbocycles. The minimum Gasteiger partial charge on any atom is -0.385 e. The Morgan fingerprint density at radius 3 is 2.44 bits per heavy atom. The standard InChI is InChI=1S/C14H17ClN2O/c1-10-8-13(17(3)16-10)9-14(2,18)11-4-6-12(15)7-5-11/h4-8,18H,9H2,1-3H3. The van der Waals surface area contributed by atoms with Gasteiger partial charge in [-0.15, -0.1) is 0 Å². The van der Waals surface area contributed by atoms with Crippen LogP contribution in [0.15, 0.2) is 30.3 Å². The molecule has 4 heteroatoms. The van der Waals surface area contributed by atoms with Crippen LogP contribution in [0.3, 0.4) is 0 Å². The number of rotatable bonds is 3. The number of aromatic nitrogens is 2. The summed E-state index contributed by atoms with van der Waals surface area (Å²) in [7, 11) is 1.89. The molecule has 1 aromatic heterocycles. The van der Waals surface area contributed by atoms with Crippen LogP contribution in [0.1, 0.15) is 23.9 Å². The van der Waals surface area contributed by atoms with Crippen LogP contribution in [0.2, 0.25) is 5.02 Å². The summed E-state index contributed by atoms with van der Waals surface area (Å²) in [5.41, 5.74) is 1.89. The van der Waals surface area contributed by atoms with Crippen LogP contribution in [0, 0.1) is 6.92 Å². The molecule has 0 spiro atoms. The maximum Gasteiger partial charge on any atom is 0.0923 e. The zero-order chi connectivity index (χ0) is 13.3. The SMILES string of the molecule is Cc1cc(CC(C)(O)c2ccc(Cl)cc2)n(C)n1. The van der Waals surface area contributed by atoms with Crippen molar-refractivity contribution in [2.45, 2.75) is 25.9 Å². The molecule has 0 bridgehead atoms. The van der Waals surface area contributed by atoms with E-state index in [9.17, 15) is 5.11 Å². The highest BCUT2D eigenvalue weighted by Gasteiger charge is 2.25. The number of aliphatic hydroxyl groups is 1. The maximum atomic E-state index is 10.6. The fourth-order valence-electron chi connectivity index (χ4n) is 2.09. The van der Waals surface area contributed by atoms with Crippen molar-refractivity contribution in [3.05, 3.63) is 52.3 Å². The first kappa shape index (κ1) is 13.1. The Kier molecular flexibility index (Phi) is 3.46. The van der Waals surface area contributed by atoms with Gasteiger partial charge >= 0.3 is 0 Å². The van der Waals surface area contributed by atoms with Crippen LogP contribution in [-0.2, 0) is 19.1 Å². The van der Waals surface area contributed by atoms with Crippen molar-refractivity contribution in [1.82, 2.24) is 9.78 Å². The first-order chi connectivity index (χ1) is 8.38. The van der Waals surface area contributed by atoms with E-state index in [0.717, 1.165) is 17.0 Å². The number of aryl methyl sites for hydroxylation is 2. The number of benzene rings is 1. The van der Waals surface area contributed by atoms with Crippen molar-refractivity contribution in [3.8, 4) is 0 Å². The molecular formula is C14H17ClN2O. The second-order valence-electron chi connectivity index (χ2n) is 4.86. The molecule has 0 aliphatic rings. The molecule has 1 heterocycles. The number of nitrogens with zero attached hydrogens (tertiary/aromatic N) is 2. The highest BCUT2D eigenvalue weighted by molar-refractivity contribution is 6.30. The molecule has 3 nitrogen and oxygen atoms in total. The van der Waals surface area contributed by atoms with Crippen molar-refractivity contribution in [2.75, 3.05) is 0 Å². The van der Waals surface area contributed by atoms with Crippen LogP contribution in [0.4, 0.5) is 0 Å². The van der Waals surface area contributed by atoms with Crippen LogP contribution >= 0.6 is 11.6 Å². The second-order valence-corrected chi connectivity index (χ2v) is 5.29. The van der Waals surface area contributed by atoms with Gasteiger partial charge in [0.2, 0.25) is 0 Å². The van der Waals surface area contributed by atoms with Crippen molar-refractivity contribution >= 4 is 11.6 Å². The summed E-state index contributed by atoms with van der Waals surface area (Å²) < 4.78 is 1.81. The van der Waals surface area contributed by atoms with E-state index in [1.165, 1.54) is 0 Å². The fraction of sp³-hybridized carbons (Fsp3) is 0.357. The average Bonchev–Trinajstić information content (AvgIpc) is 2.57. The first-order valence-electron chi connectivity index (χ1n) is 5.86. The quantitative estimate of drug-likeness (QED) is 0.926. The summed E-state index contributed by atoms with van der Waals surface area (Å²) >= 11 is 5.85. The zero-order valence-corrected chi connectivity index (χ0v) is 11.6. The Morgan fingerprint density at radius 2 is 1.94 bits per heavy atom. The Bertz CT molecular complexity index is 543. The summed E-state index contributed by atoms with van der Waals surface area (Å²) in [5.74, 6) is 0. The van der Waals surface area contributed by atoms with E-state index in [0.29, 0.717) is 11.4 Å². The fourth-order valence-corrected chi connectivity index (χ4v) is 2.22. The van der Waals surface area contributed by atoms with E-state index in [2.05, 4.69) is 5.10 Å². The summed E-state index contributed by atoms with van der Waals surface area (Å²) in [6.07, 6.45) is 0.520. The highest BCUT2D eigenvalue weighted by atomic mass is 35.5. The Hall–Kier alpha value is -1.32. The summed E-state index contributed by atoms with van der Waals surface area (Å²) in [6.45, 7) is 3.75. The lowest BCUT2D eigenvalue weighted by Crippen LogP contribution is -2.25. The van der Waals surface area contributed by atoms with E-state index in [1.807, 2.05) is 32.2 Å². The lowest BCUT2D eigenvalue weighted by atomic mass is 9.91. The molecule has 1 unspecified atom stereocenters. The van der Waals surface area contributed by atoms with E-state index in [1.54, 1.807) is 23.7 Å². The van der Waals surface area contributed by atoms with Gasteiger partial charge in [-0.05, 0) is 37.6 Å². The molecule has 0 fully saturated rings. The first-order valence-corrected chi connectivity index (χ1v) is 6.24. The molecule has 18 heavy (non-hydrogen) atoms. The Morgan fingerprint density at radius 1 is 1.33 bits per heavy atom. The molecule has 0 aliphatic heterocycles. The van der Waals surface area contributed by atoms with Gasteiger partial charge in [0, 0.05) is 24.2 Å². The van der Waals surface area contributed by atoms with Gasteiger partial charge in [-0.25, -0.2) is 0 Å². The minimum absolute atomic E-state index is 0.520. The van der Waals surface area contributed by atoms with E-state index >= 15 is 0 Å². The van der Waals surface area contributed by atoms with Gasteiger partial charge in [0.25, 0.3) is 0 Å². The molecule has 0 radical (unpaired) electrons. The van der Waals surface area contributed by atoms with Gasteiger partial charge in [-0.2, -0.15) is 5.10 Å². The predicted molar refractivity (Wildman–Crippen MR) is 72.7 cm³/mol. The molecule has 2 rings (SSSR count). The highest BCUT2D eigenvalue weighted by Crippen LogP contribution is 2.26. The zero-order valence-electron chi connectivity index (χ0n) is 10.8. The third kappa shape index (κ3) is 2.74. The third-order valence-corrected chi connectivity index (χ3v) is 3.34. The van der Waals surface area contributed by atoms with Crippen LogP contribution in [-0.4, -0.2) is 14.9 Å². The Balaban J connectivity index is 2.26. The molecule has 0 aliphatic carbocycles. The van der Waals surface area contributed by atoms with E-state index < -0.39 is 5.60 Å². The largest absolute Gasteiger partial charge is 0.385 e. The second kappa shape index (κ2) is 4.75. The van der Waals surface area contributed by atoms with Gasteiger partial charge in [0.1, 0.15) is 0 Å². The van der Waals surface area contributed by atoms with E-state index in [4.69, 9.17) is 11.6 Å². The number of hydrogen-bond acceptors (Lipinski definition) is 2. The number of hydrogen-bond donors (Lipinski definition) is 1. The number of halogens is 1. The van der Waals surface area contributed by atoms with Crippen LogP contribution < -0.4 is 0 Å². The molecule has 96 valence electrons. The summed E-state index contributed by atoms with van der Waals surface area (Å²) in [6, 6.07) is 9.28. The van der Waals surface area contributed by atoms with Crippen molar-refractivity contribution < 1.29 is 5.11 Å². The van der Waals surface area contributed by atoms with Crippen LogP contribution in [0.5, 0.6) is 0 Å². The molecule has 0 saturated carbocycles. The third-order valence-electron chi connectivity index (χ3n) is 3.09.